The van der Waals surface area contributed by atoms with Gasteiger partial charge in [0.1, 0.15) is 5.76 Å². The highest BCUT2D eigenvalue weighted by Crippen LogP contribution is 2.34. The molecule has 0 saturated heterocycles. The van der Waals surface area contributed by atoms with Crippen LogP contribution in [-0.2, 0) is 4.79 Å². The van der Waals surface area contributed by atoms with Crippen LogP contribution in [0, 0.1) is 0 Å². The first-order valence-corrected chi connectivity index (χ1v) is 8.53. The van der Waals surface area contributed by atoms with E-state index in [1.807, 2.05) is 50.2 Å². The number of hydrogen-bond donors (Lipinski definition) is 1. The first-order valence-electron chi connectivity index (χ1n) is 8.53. The van der Waals surface area contributed by atoms with Gasteiger partial charge in [0.25, 0.3) is 0 Å². The zero-order valence-electron chi connectivity index (χ0n) is 14.5. The number of aromatic nitrogens is 1. The Labute approximate surface area is 148 Å². The van der Waals surface area contributed by atoms with Gasteiger partial charge < -0.3 is 5.11 Å². The number of aliphatic imine (C=N–C) groups is 1. The lowest BCUT2D eigenvalue weighted by molar-refractivity contribution is -0.116. The third-order valence-corrected chi connectivity index (χ3v) is 4.38. The molecule has 0 radical (unpaired) electrons. The van der Waals surface area contributed by atoms with Gasteiger partial charge in [-0.2, -0.15) is 0 Å². The second kappa shape index (κ2) is 7.43. The molecule has 0 fully saturated rings. The van der Waals surface area contributed by atoms with Crippen molar-refractivity contribution < 1.29 is 9.90 Å². The number of allylic oxidation sites excluding steroid dienone is 2. The fraction of sp³-hybridized carbons (Fsp3) is 0.286. The molecule has 1 atom stereocenters. The van der Waals surface area contributed by atoms with E-state index in [0.717, 1.165) is 16.7 Å². The SMILES string of the molecule is CC(C)N=CC1=C(O)CC(c2ccc(-c3ccncc3)cc2)CC1=O. The normalized spacial score (nSPS) is 18.4. The zero-order valence-corrected chi connectivity index (χ0v) is 14.5. The predicted molar refractivity (Wildman–Crippen MR) is 99.9 cm³/mol. The fourth-order valence-corrected chi connectivity index (χ4v) is 3.01. The maximum absolute atomic E-state index is 12.4. The minimum Gasteiger partial charge on any atom is -0.511 e. The Kier molecular flexibility index (Phi) is 5.08. The monoisotopic (exact) mass is 334 g/mol. The van der Waals surface area contributed by atoms with E-state index < -0.39 is 0 Å². The van der Waals surface area contributed by atoms with Crippen LogP contribution in [0.5, 0.6) is 0 Å². The van der Waals surface area contributed by atoms with Crippen molar-refractivity contribution in [3.8, 4) is 11.1 Å². The van der Waals surface area contributed by atoms with Gasteiger partial charge in [0.15, 0.2) is 5.78 Å². The average molecular weight is 334 g/mol. The van der Waals surface area contributed by atoms with Gasteiger partial charge >= 0.3 is 0 Å². The standard InChI is InChI=1S/C21H22N2O2/c1-14(2)23-13-19-20(24)11-18(12-21(19)25)16-5-3-15(4-6-16)17-7-9-22-10-8-17/h3-10,13-14,18,24H,11-12H2,1-2H3. The summed E-state index contributed by atoms with van der Waals surface area (Å²) in [6.07, 6.45) is 5.93. The number of pyridine rings is 1. The van der Waals surface area contributed by atoms with Crippen LogP contribution in [0.25, 0.3) is 11.1 Å². The first kappa shape index (κ1) is 17.1. The Morgan fingerprint density at radius 1 is 1.08 bits per heavy atom. The van der Waals surface area contributed by atoms with E-state index >= 15 is 0 Å². The topological polar surface area (TPSA) is 62.6 Å². The summed E-state index contributed by atoms with van der Waals surface area (Å²) in [5.74, 6) is 0.107. The molecule has 0 saturated carbocycles. The maximum atomic E-state index is 12.4. The minimum atomic E-state index is -0.0450. The van der Waals surface area contributed by atoms with Crippen molar-refractivity contribution >= 4 is 12.0 Å². The number of nitrogens with zero attached hydrogens (tertiary/aromatic N) is 2. The molecule has 0 amide bonds. The molecule has 3 rings (SSSR count). The number of aliphatic hydroxyl groups is 1. The summed E-state index contributed by atoms with van der Waals surface area (Å²) in [6, 6.07) is 12.2. The Morgan fingerprint density at radius 2 is 1.72 bits per heavy atom. The molecule has 2 aromatic rings. The van der Waals surface area contributed by atoms with Crippen molar-refractivity contribution in [1.82, 2.24) is 4.98 Å². The van der Waals surface area contributed by atoms with Crippen molar-refractivity contribution in [2.24, 2.45) is 4.99 Å². The largest absolute Gasteiger partial charge is 0.511 e. The molecule has 0 aliphatic heterocycles. The molecule has 1 N–H and O–H groups in total. The number of aliphatic hydroxyl groups excluding tert-OH is 1. The third kappa shape index (κ3) is 4.02. The molecule has 1 unspecified atom stereocenters. The quantitative estimate of drug-likeness (QED) is 0.838. The summed E-state index contributed by atoms with van der Waals surface area (Å²) < 4.78 is 0. The molecule has 4 heteroatoms. The van der Waals surface area contributed by atoms with Crippen molar-refractivity contribution in [3.05, 3.63) is 65.7 Å². The van der Waals surface area contributed by atoms with Crippen LogP contribution in [0.1, 0.15) is 38.2 Å². The summed E-state index contributed by atoms with van der Waals surface area (Å²) in [5.41, 5.74) is 3.64. The molecule has 1 aliphatic rings. The van der Waals surface area contributed by atoms with Crippen LogP contribution in [0.3, 0.4) is 0 Å². The van der Waals surface area contributed by atoms with E-state index in [9.17, 15) is 9.90 Å². The predicted octanol–water partition coefficient (Wildman–Crippen LogP) is 4.49. The Morgan fingerprint density at radius 3 is 2.32 bits per heavy atom. The van der Waals surface area contributed by atoms with E-state index in [2.05, 4.69) is 9.98 Å². The van der Waals surface area contributed by atoms with E-state index in [4.69, 9.17) is 0 Å². The lowest BCUT2D eigenvalue weighted by Gasteiger charge is -2.22. The maximum Gasteiger partial charge on any atom is 0.168 e. The summed E-state index contributed by atoms with van der Waals surface area (Å²) in [7, 11) is 0. The Balaban J connectivity index is 1.79. The van der Waals surface area contributed by atoms with Gasteiger partial charge in [-0.25, -0.2) is 0 Å². The molecular formula is C21H22N2O2. The number of ketones is 1. The highest BCUT2D eigenvalue weighted by Gasteiger charge is 2.27. The van der Waals surface area contributed by atoms with E-state index in [0.29, 0.717) is 18.4 Å². The van der Waals surface area contributed by atoms with Crippen LogP contribution < -0.4 is 0 Å². The van der Waals surface area contributed by atoms with Crippen LogP contribution in [0.2, 0.25) is 0 Å². The molecular weight excluding hydrogens is 312 g/mol. The summed E-state index contributed by atoms with van der Waals surface area (Å²) >= 11 is 0. The molecule has 1 aromatic carbocycles. The fourth-order valence-electron chi connectivity index (χ4n) is 3.01. The van der Waals surface area contributed by atoms with Gasteiger partial charge in [0.05, 0.1) is 5.57 Å². The van der Waals surface area contributed by atoms with Gasteiger partial charge in [-0.05, 0) is 48.6 Å². The van der Waals surface area contributed by atoms with Gasteiger partial charge in [-0.1, -0.05) is 24.3 Å². The van der Waals surface area contributed by atoms with Crippen LogP contribution >= 0.6 is 0 Å². The number of rotatable bonds is 4. The first-order chi connectivity index (χ1) is 12.0. The molecule has 25 heavy (non-hydrogen) atoms. The van der Waals surface area contributed by atoms with Gasteiger partial charge in [0.2, 0.25) is 0 Å². The van der Waals surface area contributed by atoms with Crippen molar-refractivity contribution in [3.63, 3.8) is 0 Å². The second-order valence-electron chi connectivity index (χ2n) is 6.62. The summed E-state index contributed by atoms with van der Waals surface area (Å²) in [5, 5.41) is 10.3. The lowest BCUT2D eigenvalue weighted by Crippen LogP contribution is -2.19. The number of Topliss-reactive ketones (excluding diaryl/α,β-unsaturated/α-hetero) is 1. The molecule has 128 valence electrons. The third-order valence-electron chi connectivity index (χ3n) is 4.38. The van der Waals surface area contributed by atoms with Gasteiger partial charge in [-0.3, -0.25) is 14.8 Å². The van der Waals surface area contributed by atoms with Crippen molar-refractivity contribution in [2.75, 3.05) is 0 Å². The second-order valence-corrected chi connectivity index (χ2v) is 6.62. The lowest BCUT2D eigenvalue weighted by atomic mass is 9.82. The van der Waals surface area contributed by atoms with E-state index in [-0.39, 0.29) is 23.5 Å². The van der Waals surface area contributed by atoms with Crippen LogP contribution in [0.4, 0.5) is 0 Å². The highest BCUT2D eigenvalue weighted by atomic mass is 16.3. The number of hydrogen-bond acceptors (Lipinski definition) is 4. The molecule has 1 aromatic heterocycles. The number of benzene rings is 1. The smallest absolute Gasteiger partial charge is 0.168 e. The van der Waals surface area contributed by atoms with Crippen LogP contribution in [0.15, 0.2) is 65.1 Å². The molecule has 1 heterocycles. The van der Waals surface area contributed by atoms with Gasteiger partial charge in [0, 0.05) is 37.5 Å². The van der Waals surface area contributed by atoms with E-state index in [1.54, 1.807) is 12.4 Å². The number of carbonyl (C=O) groups excluding carboxylic acids is 1. The molecule has 0 bridgehead atoms. The van der Waals surface area contributed by atoms with Crippen molar-refractivity contribution in [2.45, 2.75) is 38.6 Å². The van der Waals surface area contributed by atoms with Crippen molar-refractivity contribution in [1.29, 1.82) is 0 Å². The average Bonchev–Trinajstić information content (AvgIpc) is 2.61. The summed E-state index contributed by atoms with van der Waals surface area (Å²) in [4.78, 5) is 20.6. The van der Waals surface area contributed by atoms with Gasteiger partial charge in [-0.15, -0.1) is 0 Å². The minimum absolute atomic E-state index is 0.00944. The highest BCUT2D eigenvalue weighted by molar-refractivity contribution is 6.14. The molecule has 1 aliphatic carbocycles. The molecule has 4 nitrogen and oxygen atoms in total. The Bertz CT molecular complexity index is 806. The van der Waals surface area contributed by atoms with Crippen LogP contribution in [-0.4, -0.2) is 28.1 Å². The number of carbonyl (C=O) groups is 1. The Hall–Kier alpha value is -2.75. The summed E-state index contributed by atoms with van der Waals surface area (Å²) in [6.45, 7) is 3.88. The molecule has 0 spiro atoms. The van der Waals surface area contributed by atoms with E-state index in [1.165, 1.54) is 6.21 Å². The zero-order chi connectivity index (χ0) is 17.8.